The van der Waals surface area contributed by atoms with Crippen LogP contribution in [0.25, 0.3) is 0 Å². The number of ether oxygens (including phenoxy) is 1. The summed E-state index contributed by atoms with van der Waals surface area (Å²) in [6, 6.07) is 0. The first-order valence-electron chi connectivity index (χ1n) is 6.19. The van der Waals surface area contributed by atoms with Gasteiger partial charge < -0.3 is 14.7 Å². The van der Waals surface area contributed by atoms with Crippen LogP contribution in [0.2, 0.25) is 0 Å². The van der Waals surface area contributed by atoms with Gasteiger partial charge in [-0.3, -0.25) is 0 Å². The summed E-state index contributed by atoms with van der Waals surface area (Å²) in [4.78, 5) is 2.39. The predicted octanol–water partition coefficient (Wildman–Crippen LogP) is 1.85. The van der Waals surface area contributed by atoms with Crippen LogP contribution >= 0.6 is 11.8 Å². The van der Waals surface area contributed by atoms with Gasteiger partial charge in [0.1, 0.15) is 0 Å². The second-order valence-electron chi connectivity index (χ2n) is 4.14. The summed E-state index contributed by atoms with van der Waals surface area (Å²) in [6.07, 6.45) is -0.126. The number of hydrogen-bond donors (Lipinski definition) is 1. The molecule has 0 bridgehead atoms. The van der Waals surface area contributed by atoms with Crippen LogP contribution in [0.15, 0.2) is 0 Å². The fourth-order valence-electron chi connectivity index (χ4n) is 1.30. The minimum atomic E-state index is -0.330. The van der Waals surface area contributed by atoms with E-state index in [1.807, 2.05) is 13.8 Å². The van der Waals surface area contributed by atoms with Gasteiger partial charge in [0, 0.05) is 18.1 Å². The van der Waals surface area contributed by atoms with Crippen molar-refractivity contribution in [1.29, 1.82) is 0 Å². The zero-order valence-corrected chi connectivity index (χ0v) is 11.9. The van der Waals surface area contributed by atoms with Crippen molar-refractivity contribution in [3.63, 3.8) is 0 Å². The van der Waals surface area contributed by atoms with Gasteiger partial charge >= 0.3 is 0 Å². The second kappa shape index (κ2) is 10.4. The minimum Gasteiger partial charge on any atom is -0.390 e. The molecule has 3 nitrogen and oxygen atoms in total. The van der Waals surface area contributed by atoms with Crippen molar-refractivity contribution in [1.82, 2.24) is 4.90 Å². The van der Waals surface area contributed by atoms with Crippen LogP contribution in [0.1, 0.15) is 27.7 Å². The Morgan fingerprint density at radius 3 is 2.38 bits per heavy atom. The van der Waals surface area contributed by atoms with Gasteiger partial charge in [0.2, 0.25) is 0 Å². The molecule has 4 heteroatoms. The fraction of sp³-hybridized carbons (Fsp3) is 1.00. The summed E-state index contributed by atoms with van der Waals surface area (Å²) < 4.78 is 5.35. The van der Waals surface area contributed by atoms with Crippen LogP contribution in [0.3, 0.4) is 0 Å². The molecule has 98 valence electrons. The third-order valence-corrected chi connectivity index (χ3v) is 3.47. The highest BCUT2D eigenvalue weighted by Gasteiger charge is 2.06. The van der Waals surface area contributed by atoms with Crippen LogP contribution in [0, 0.1) is 0 Å². The quantitative estimate of drug-likeness (QED) is 0.599. The maximum absolute atomic E-state index is 9.62. The summed E-state index contributed by atoms with van der Waals surface area (Å²) in [5.41, 5.74) is 0. The lowest BCUT2D eigenvalue weighted by molar-refractivity contribution is 0.0152. The maximum Gasteiger partial charge on any atom is 0.0863 e. The topological polar surface area (TPSA) is 32.7 Å². The molecule has 0 aromatic heterocycles. The molecule has 0 heterocycles. The summed E-state index contributed by atoms with van der Waals surface area (Å²) in [5, 5.41) is 9.62. The van der Waals surface area contributed by atoms with Crippen molar-refractivity contribution in [2.75, 3.05) is 37.7 Å². The summed E-state index contributed by atoms with van der Waals surface area (Å²) in [7, 11) is 0. The normalized spacial score (nSPS) is 13.7. The SMILES string of the molecule is CCN(CC)CCSCC(O)COC(C)C. The third kappa shape index (κ3) is 9.46. The first-order valence-corrected chi connectivity index (χ1v) is 7.35. The zero-order valence-electron chi connectivity index (χ0n) is 11.1. The lowest BCUT2D eigenvalue weighted by Gasteiger charge is -2.18. The Kier molecular flexibility index (Phi) is 10.5. The lowest BCUT2D eigenvalue weighted by Crippen LogP contribution is -2.26. The number of aliphatic hydroxyl groups excluding tert-OH is 1. The van der Waals surface area contributed by atoms with Crippen molar-refractivity contribution in [3.8, 4) is 0 Å². The molecule has 0 radical (unpaired) electrons. The standard InChI is InChI=1S/C12H27NO2S/c1-5-13(6-2)7-8-16-10-12(14)9-15-11(3)4/h11-12,14H,5-10H2,1-4H3. The monoisotopic (exact) mass is 249 g/mol. The van der Waals surface area contributed by atoms with E-state index in [-0.39, 0.29) is 12.2 Å². The number of thioether (sulfide) groups is 1. The average Bonchev–Trinajstić information content (AvgIpc) is 2.26. The van der Waals surface area contributed by atoms with Crippen LogP contribution in [-0.4, -0.2) is 60.0 Å². The van der Waals surface area contributed by atoms with Gasteiger partial charge in [-0.15, -0.1) is 0 Å². The molecule has 0 saturated carbocycles. The van der Waals surface area contributed by atoms with Gasteiger partial charge in [-0.05, 0) is 26.9 Å². The Morgan fingerprint density at radius 2 is 1.88 bits per heavy atom. The summed E-state index contributed by atoms with van der Waals surface area (Å²) in [5.74, 6) is 1.86. The molecule has 0 aliphatic heterocycles. The van der Waals surface area contributed by atoms with Crippen molar-refractivity contribution < 1.29 is 9.84 Å². The smallest absolute Gasteiger partial charge is 0.0863 e. The van der Waals surface area contributed by atoms with E-state index in [1.54, 1.807) is 11.8 Å². The highest BCUT2D eigenvalue weighted by Crippen LogP contribution is 2.05. The summed E-state index contributed by atoms with van der Waals surface area (Å²) >= 11 is 1.80. The molecular weight excluding hydrogens is 222 g/mol. The maximum atomic E-state index is 9.62. The van der Waals surface area contributed by atoms with Gasteiger partial charge in [0.25, 0.3) is 0 Å². The van der Waals surface area contributed by atoms with Gasteiger partial charge in [0.15, 0.2) is 0 Å². The van der Waals surface area contributed by atoms with E-state index in [0.29, 0.717) is 6.61 Å². The molecule has 16 heavy (non-hydrogen) atoms. The summed E-state index contributed by atoms with van der Waals surface area (Å²) in [6.45, 7) is 12.1. The molecule has 1 atom stereocenters. The molecule has 0 aromatic rings. The number of aliphatic hydroxyl groups is 1. The number of nitrogens with zero attached hydrogens (tertiary/aromatic N) is 1. The molecular formula is C12H27NO2S. The van der Waals surface area contributed by atoms with Crippen LogP contribution in [-0.2, 0) is 4.74 Å². The van der Waals surface area contributed by atoms with Gasteiger partial charge in [0.05, 0.1) is 18.8 Å². The Bertz CT molecular complexity index is 152. The van der Waals surface area contributed by atoms with E-state index >= 15 is 0 Å². The van der Waals surface area contributed by atoms with E-state index in [9.17, 15) is 5.11 Å². The molecule has 0 rings (SSSR count). The number of hydrogen-bond acceptors (Lipinski definition) is 4. The second-order valence-corrected chi connectivity index (χ2v) is 5.29. The van der Waals surface area contributed by atoms with E-state index in [1.165, 1.54) is 0 Å². The highest BCUT2D eigenvalue weighted by atomic mass is 32.2. The van der Waals surface area contributed by atoms with Gasteiger partial charge in [-0.25, -0.2) is 0 Å². The van der Waals surface area contributed by atoms with Crippen molar-refractivity contribution >= 4 is 11.8 Å². The minimum absolute atomic E-state index is 0.204. The van der Waals surface area contributed by atoms with Gasteiger partial charge in [-0.2, -0.15) is 11.8 Å². The molecule has 0 amide bonds. The van der Waals surface area contributed by atoms with Crippen LogP contribution < -0.4 is 0 Å². The first-order chi connectivity index (χ1) is 7.60. The third-order valence-electron chi connectivity index (χ3n) is 2.38. The molecule has 0 aliphatic carbocycles. The molecule has 0 saturated heterocycles. The first kappa shape index (κ1) is 16.2. The average molecular weight is 249 g/mol. The highest BCUT2D eigenvalue weighted by molar-refractivity contribution is 7.99. The Hall–Kier alpha value is 0.230. The van der Waals surface area contributed by atoms with Crippen LogP contribution in [0.4, 0.5) is 0 Å². The molecule has 0 aromatic carbocycles. The van der Waals surface area contributed by atoms with Crippen molar-refractivity contribution in [2.24, 2.45) is 0 Å². The van der Waals surface area contributed by atoms with Gasteiger partial charge in [-0.1, -0.05) is 13.8 Å². The molecule has 0 fully saturated rings. The van der Waals surface area contributed by atoms with Crippen LogP contribution in [0.5, 0.6) is 0 Å². The molecule has 0 aliphatic rings. The lowest BCUT2D eigenvalue weighted by atomic mass is 10.4. The zero-order chi connectivity index (χ0) is 12.4. The van der Waals surface area contributed by atoms with Crippen molar-refractivity contribution in [3.05, 3.63) is 0 Å². The Balaban J connectivity index is 3.36. The predicted molar refractivity (Wildman–Crippen MR) is 72.2 cm³/mol. The molecule has 1 N–H and O–H groups in total. The Labute approximate surface area is 105 Å². The van der Waals surface area contributed by atoms with E-state index < -0.39 is 0 Å². The Morgan fingerprint density at radius 1 is 1.25 bits per heavy atom. The number of rotatable bonds is 10. The van der Waals surface area contributed by atoms with E-state index in [0.717, 1.165) is 31.1 Å². The largest absolute Gasteiger partial charge is 0.390 e. The molecule has 1 unspecified atom stereocenters. The van der Waals surface area contributed by atoms with E-state index in [4.69, 9.17) is 4.74 Å². The molecule has 0 spiro atoms. The van der Waals surface area contributed by atoms with E-state index in [2.05, 4.69) is 18.7 Å². The van der Waals surface area contributed by atoms with Crippen molar-refractivity contribution in [2.45, 2.75) is 39.9 Å². The fourth-order valence-corrected chi connectivity index (χ4v) is 2.23.